The van der Waals surface area contributed by atoms with E-state index in [-0.39, 0.29) is 11.8 Å². The van der Waals surface area contributed by atoms with E-state index in [1.165, 1.54) is 13.3 Å². The zero-order chi connectivity index (χ0) is 20.7. The molecule has 1 aliphatic carbocycles. The van der Waals surface area contributed by atoms with Gasteiger partial charge in [0, 0.05) is 40.8 Å². The zero-order valence-corrected chi connectivity index (χ0v) is 16.8. The molecule has 0 spiro atoms. The van der Waals surface area contributed by atoms with Gasteiger partial charge in [0.15, 0.2) is 5.82 Å². The lowest BCUT2D eigenvalue weighted by molar-refractivity contribution is -0.117. The number of methoxy groups -OCH3 is 1. The Hall–Kier alpha value is -3.59. The summed E-state index contributed by atoms with van der Waals surface area (Å²) in [6.45, 7) is 0. The average molecular weight is 419 g/mol. The molecule has 8 nitrogen and oxygen atoms in total. The van der Waals surface area contributed by atoms with Crippen molar-refractivity contribution in [3.05, 3.63) is 47.7 Å². The summed E-state index contributed by atoms with van der Waals surface area (Å²) in [4.78, 5) is 40.9. The molecule has 5 rings (SSSR count). The van der Waals surface area contributed by atoms with E-state index >= 15 is 0 Å². The molecule has 4 aromatic rings. The van der Waals surface area contributed by atoms with E-state index in [1.54, 1.807) is 23.7 Å². The summed E-state index contributed by atoms with van der Waals surface area (Å²) in [6.07, 6.45) is 6.67. The molecular formula is C21H17N5O3S. The van der Waals surface area contributed by atoms with Gasteiger partial charge in [-0.1, -0.05) is 0 Å². The number of aromatic nitrogens is 4. The highest BCUT2D eigenvalue weighted by Crippen LogP contribution is 2.34. The van der Waals surface area contributed by atoms with Gasteiger partial charge in [-0.15, -0.1) is 11.3 Å². The molecule has 4 heterocycles. The molecule has 1 amide bonds. The summed E-state index contributed by atoms with van der Waals surface area (Å²) in [7, 11) is 1.32. The maximum Gasteiger partial charge on any atom is 0.340 e. The van der Waals surface area contributed by atoms with Gasteiger partial charge in [-0.2, -0.15) is 0 Å². The number of anilines is 1. The number of pyridine rings is 2. The summed E-state index contributed by atoms with van der Waals surface area (Å²) >= 11 is 1.54. The number of carbonyl (C=O) groups excluding carboxylic acids is 2. The van der Waals surface area contributed by atoms with Crippen LogP contribution >= 0.6 is 11.3 Å². The number of fused-ring (bicyclic) bond motifs is 1. The molecule has 9 heteroatoms. The summed E-state index contributed by atoms with van der Waals surface area (Å²) < 4.78 is 4.89. The summed E-state index contributed by atoms with van der Waals surface area (Å²) in [5, 5.41) is 6.29. The van der Waals surface area contributed by atoms with E-state index in [0.717, 1.165) is 23.4 Å². The zero-order valence-electron chi connectivity index (χ0n) is 16.0. The highest BCUT2D eigenvalue weighted by molar-refractivity contribution is 7.13. The topological polar surface area (TPSA) is 110 Å². The second-order valence-corrected chi connectivity index (χ2v) is 7.91. The lowest BCUT2D eigenvalue weighted by Gasteiger charge is -2.07. The van der Waals surface area contributed by atoms with E-state index < -0.39 is 5.97 Å². The highest BCUT2D eigenvalue weighted by Gasteiger charge is 2.30. The van der Waals surface area contributed by atoms with Crippen molar-refractivity contribution in [3.8, 4) is 22.0 Å². The molecule has 0 radical (unpaired) electrons. The van der Waals surface area contributed by atoms with Gasteiger partial charge in [0.1, 0.15) is 5.01 Å². The molecule has 1 aliphatic rings. The number of amides is 1. The number of ether oxygens (including phenoxy) is 1. The Bertz CT molecular complexity index is 1260. The summed E-state index contributed by atoms with van der Waals surface area (Å²) in [6, 6.07) is 5.65. The van der Waals surface area contributed by atoms with E-state index in [2.05, 4.69) is 25.3 Å². The number of esters is 1. The van der Waals surface area contributed by atoms with Crippen LogP contribution in [0, 0.1) is 5.92 Å². The number of H-pyrrole nitrogens is 1. The first-order valence-corrected chi connectivity index (χ1v) is 10.3. The lowest BCUT2D eigenvalue weighted by atomic mass is 10.1. The van der Waals surface area contributed by atoms with Crippen molar-refractivity contribution in [2.24, 2.45) is 5.92 Å². The first kappa shape index (κ1) is 18.4. The molecule has 4 aromatic heterocycles. The minimum atomic E-state index is -0.498. The van der Waals surface area contributed by atoms with Gasteiger partial charge in [0.05, 0.1) is 29.6 Å². The average Bonchev–Trinajstić information content (AvgIpc) is 3.29. The van der Waals surface area contributed by atoms with Gasteiger partial charge in [-0.3, -0.25) is 9.78 Å². The first-order valence-electron chi connectivity index (χ1n) is 9.41. The van der Waals surface area contributed by atoms with Crippen molar-refractivity contribution in [1.82, 2.24) is 19.9 Å². The Morgan fingerprint density at radius 2 is 2.07 bits per heavy atom. The van der Waals surface area contributed by atoms with Crippen LogP contribution in [0.4, 0.5) is 5.82 Å². The van der Waals surface area contributed by atoms with E-state index in [9.17, 15) is 9.59 Å². The van der Waals surface area contributed by atoms with Gasteiger partial charge >= 0.3 is 5.97 Å². The van der Waals surface area contributed by atoms with Crippen LogP contribution in [-0.2, 0) is 9.53 Å². The van der Waals surface area contributed by atoms with Gasteiger partial charge in [0.2, 0.25) is 5.91 Å². The minimum Gasteiger partial charge on any atom is -0.465 e. The molecule has 150 valence electrons. The second kappa shape index (κ2) is 7.34. The second-order valence-electron chi connectivity index (χ2n) is 7.01. The van der Waals surface area contributed by atoms with Crippen LogP contribution in [0.5, 0.6) is 0 Å². The van der Waals surface area contributed by atoms with Gasteiger partial charge < -0.3 is 15.0 Å². The van der Waals surface area contributed by atoms with Crippen LogP contribution in [-0.4, -0.2) is 38.9 Å². The SMILES string of the molecule is COC(=O)c1cnc(NC(=O)C2CC2)c2[nH]c(-c3cc(-c4nccs4)ccn3)cc12. The van der Waals surface area contributed by atoms with Crippen LogP contribution in [0.3, 0.4) is 0 Å². The molecule has 1 saturated carbocycles. The number of carbonyl (C=O) groups is 2. The summed E-state index contributed by atoms with van der Waals surface area (Å²) in [5.41, 5.74) is 3.21. The monoisotopic (exact) mass is 419 g/mol. The number of hydrogen-bond donors (Lipinski definition) is 2. The Morgan fingerprint density at radius 1 is 1.20 bits per heavy atom. The quantitative estimate of drug-likeness (QED) is 0.475. The molecule has 0 saturated heterocycles. The van der Waals surface area contributed by atoms with Crippen molar-refractivity contribution >= 4 is 39.9 Å². The predicted octanol–water partition coefficient (Wildman–Crippen LogP) is 3.88. The number of thiazole rings is 1. The van der Waals surface area contributed by atoms with Crippen LogP contribution in [0.25, 0.3) is 32.9 Å². The molecular weight excluding hydrogens is 402 g/mol. The van der Waals surface area contributed by atoms with Crippen molar-refractivity contribution in [2.45, 2.75) is 12.8 Å². The molecule has 0 aliphatic heterocycles. The van der Waals surface area contributed by atoms with Crippen molar-refractivity contribution in [2.75, 3.05) is 12.4 Å². The van der Waals surface area contributed by atoms with Gasteiger partial charge in [-0.05, 0) is 31.0 Å². The summed E-state index contributed by atoms with van der Waals surface area (Å²) in [5.74, 6) is -0.137. The number of aromatic amines is 1. The fourth-order valence-corrected chi connectivity index (χ4v) is 3.90. The van der Waals surface area contributed by atoms with Crippen LogP contribution in [0.15, 0.2) is 42.2 Å². The van der Waals surface area contributed by atoms with Gasteiger partial charge in [-0.25, -0.2) is 14.8 Å². The normalized spacial score (nSPS) is 13.4. The maximum atomic E-state index is 12.3. The minimum absolute atomic E-state index is 0.0354. The van der Waals surface area contributed by atoms with Crippen molar-refractivity contribution in [3.63, 3.8) is 0 Å². The van der Waals surface area contributed by atoms with Crippen LogP contribution in [0.1, 0.15) is 23.2 Å². The van der Waals surface area contributed by atoms with Crippen molar-refractivity contribution < 1.29 is 14.3 Å². The fraction of sp³-hybridized carbons (Fsp3) is 0.190. The standard InChI is InChI=1S/C21H17N5O3S/c1-29-21(28)14-10-24-18(26-19(27)11-2-3-11)17-13(14)9-16(25-17)15-8-12(4-5-22-15)20-23-6-7-30-20/h4-11,25H,2-3H2,1H3,(H,24,26,27). The van der Waals surface area contributed by atoms with Crippen LogP contribution < -0.4 is 5.32 Å². The third-order valence-electron chi connectivity index (χ3n) is 4.98. The van der Waals surface area contributed by atoms with Crippen molar-refractivity contribution in [1.29, 1.82) is 0 Å². The molecule has 0 unspecified atom stereocenters. The highest BCUT2D eigenvalue weighted by atomic mass is 32.1. The van der Waals surface area contributed by atoms with E-state index in [0.29, 0.717) is 33.7 Å². The number of nitrogens with zero attached hydrogens (tertiary/aromatic N) is 3. The third-order valence-corrected chi connectivity index (χ3v) is 5.80. The smallest absolute Gasteiger partial charge is 0.340 e. The molecule has 30 heavy (non-hydrogen) atoms. The molecule has 0 bridgehead atoms. The molecule has 0 atom stereocenters. The first-order chi connectivity index (χ1) is 14.6. The Morgan fingerprint density at radius 3 is 2.80 bits per heavy atom. The number of hydrogen-bond acceptors (Lipinski definition) is 7. The van der Waals surface area contributed by atoms with E-state index in [4.69, 9.17) is 4.74 Å². The molecule has 1 fully saturated rings. The number of nitrogens with one attached hydrogen (secondary N) is 2. The molecule has 2 N–H and O–H groups in total. The Labute approximate surface area is 175 Å². The maximum absolute atomic E-state index is 12.3. The predicted molar refractivity (Wildman–Crippen MR) is 113 cm³/mol. The lowest BCUT2D eigenvalue weighted by Crippen LogP contribution is -2.15. The largest absolute Gasteiger partial charge is 0.465 e. The third kappa shape index (κ3) is 3.33. The Balaban J connectivity index is 1.62. The number of rotatable bonds is 5. The van der Waals surface area contributed by atoms with Gasteiger partial charge in [0.25, 0.3) is 0 Å². The molecule has 0 aromatic carbocycles. The van der Waals surface area contributed by atoms with E-state index in [1.807, 2.05) is 23.6 Å². The Kier molecular flexibility index (Phi) is 4.51. The van der Waals surface area contributed by atoms with Crippen LogP contribution in [0.2, 0.25) is 0 Å². The fourth-order valence-electron chi connectivity index (χ4n) is 3.26.